The van der Waals surface area contributed by atoms with Crippen molar-refractivity contribution in [2.45, 2.75) is 77.5 Å². The Hall–Kier alpha value is -2.99. The van der Waals surface area contributed by atoms with Crippen LogP contribution in [0.15, 0.2) is 0 Å². The minimum absolute atomic E-state index is 0.0791. The molecule has 10 nitrogen and oxygen atoms in total. The van der Waals surface area contributed by atoms with Gasteiger partial charge in [-0.1, -0.05) is 0 Å². The molecule has 0 unspecified atom stereocenters. The summed E-state index contributed by atoms with van der Waals surface area (Å²) in [5.41, 5.74) is 1.09. The number of rotatable bonds is 6. The number of hydrogen-bond acceptors (Lipinski definition) is 9. The molecular formula is C25H32F6N6O4S2. The fourth-order valence-electron chi connectivity index (χ4n) is 3.99. The van der Waals surface area contributed by atoms with Crippen LogP contribution >= 0.6 is 23.1 Å². The predicted octanol–water partition coefficient (Wildman–Crippen LogP) is 4.59. The molecule has 0 atom stereocenters. The molecule has 0 fully saturated rings. The van der Waals surface area contributed by atoms with E-state index < -0.39 is 61.8 Å². The summed E-state index contributed by atoms with van der Waals surface area (Å²) in [7, 11) is 0. The van der Waals surface area contributed by atoms with Crippen LogP contribution in [-0.4, -0.2) is 75.7 Å². The smallest absolute Gasteiger partial charge is 0.410 e. The van der Waals surface area contributed by atoms with Gasteiger partial charge in [-0.25, -0.2) is 4.79 Å². The van der Waals surface area contributed by atoms with E-state index in [0.29, 0.717) is 25.1 Å². The molecule has 4 heterocycles. The van der Waals surface area contributed by atoms with Gasteiger partial charge in [0.1, 0.15) is 17.0 Å². The molecule has 18 heteroatoms. The van der Waals surface area contributed by atoms with Gasteiger partial charge in [-0.3, -0.25) is 9.59 Å². The molecule has 0 saturated carbocycles. The second kappa shape index (κ2) is 14.2. The third kappa shape index (κ3) is 10.9. The van der Waals surface area contributed by atoms with Crippen LogP contribution in [0.4, 0.5) is 31.1 Å². The van der Waals surface area contributed by atoms with Gasteiger partial charge >= 0.3 is 18.4 Å². The average Bonchev–Trinajstić information content (AvgIpc) is 3.50. The first-order chi connectivity index (χ1) is 19.9. The minimum atomic E-state index is -4.33. The van der Waals surface area contributed by atoms with E-state index in [4.69, 9.17) is 4.74 Å². The van der Waals surface area contributed by atoms with Crippen LogP contribution in [0.3, 0.4) is 0 Å². The highest BCUT2D eigenvalue weighted by Crippen LogP contribution is 2.28. The second-order valence-corrected chi connectivity index (χ2v) is 12.4. The van der Waals surface area contributed by atoms with Crippen LogP contribution in [0.2, 0.25) is 0 Å². The van der Waals surface area contributed by atoms with Gasteiger partial charge in [-0.2, -0.15) is 35.1 Å². The van der Waals surface area contributed by atoms with Crippen LogP contribution in [0.1, 0.15) is 75.5 Å². The Morgan fingerprint density at radius 1 is 0.860 bits per heavy atom. The van der Waals surface area contributed by atoms with Crippen molar-refractivity contribution in [1.29, 1.82) is 0 Å². The Balaban J connectivity index is 0.000000248. The van der Waals surface area contributed by atoms with Crippen molar-refractivity contribution in [3.63, 3.8) is 0 Å². The minimum Gasteiger partial charge on any atom is -0.444 e. The molecule has 3 N–H and O–H groups in total. The summed E-state index contributed by atoms with van der Waals surface area (Å²) in [5.74, 6) is -1.19. The SMILES string of the molecule is CC(C)(C)OC(=O)N1CCc2snc(C(=O)NCCC(F)(F)F)c2C1.O=C(NCCC(F)(F)F)c1nsc2c1CNCC2. The molecule has 240 valence electrons. The molecule has 2 aliphatic heterocycles. The van der Waals surface area contributed by atoms with E-state index in [-0.39, 0.29) is 17.9 Å². The molecule has 4 rings (SSSR count). The number of amides is 3. The Morgan fingerprint density at radius 2 is 1.37 bits per heavy atom. The van der Waals surface area contributed by atoms with Crippen molar-refractivity contribution in [1.82, 2.24) is 29.6 Å². The van der Waals surface area contributed by atoms with E-state index in [0.717, 1.165) is 39.8 Å². The normalized spacial score (nSPS) is 15.0. The average molecular weight is 659 g/mol. The third-order valence-electron chi connectivity index (χ3n) is 6.00. The Kier molecular flexibility index (Phi) is 11.4. The number of aromatic nitrogens is 2. The topological polar surface area (TPSA) is 126 Å². The standard InChI is InChI=1S/C15H20F3N3O3S.C10H12F3N3OS/c1-14(2,3)24-13(23)21-7-4-10-9(8-21)11(20-25-10)12(22)19-6-5-15(16,17)18;11-10(12,13)2-4-15-9(17)8-6-5-14-3-1-7(6)18-16-8/h4-8H2,1-3H3,(H,19,22);14H,1-5H2,(H,15,17). The molecular weight excluding hydrogens is 626 g/mol. The lowest BCUT2D eigenvalue weighted by Crippen LogP contribution is -2.40. The number of hydrogen-bond donors (Lipinski definition) is 3. The zero-order valence-corrected chi connectivity index (χ0v) is 25.3. The highest BCUT2D eigenvalue weighted by molar-refractivity contribution is 7.06. The summed E-state index contributed by atoms with van der Waals surface area (Å²) in [6.07, 6.45) is -9.87. The maximum atomic E-state index is 12.2. The molecule has 0 radical (unpaired) electrons. The summed E-state index contributed by atoms with van der Waals surface area (Å²) in [5, 5.41) is 7.58. The van der Waals surface area contributed by atoms with Crippen LogP contribution in [0, 0.1) is 0 Å². The van der Waals surface area contributed by atoms with Crippen molar-refractivity contribution in [2.75, 3.05) is 26.2 Å². The van der Waals surface area contributed by atoms with Gasteiger partial charge in [-0.05, 0) is 50.3 Å². The van der Waals surface area contributed by atoms with Gasteiger partial charge in [0.25, 0.3) is 11.8 Å². The zero-order chi connectivity index (χ0) is 32.0. The van der Waals surface area contributed by atoms with Gasteiger partial charge in [0.2, 0.25) is 0 Å². The molecule has 0 saturated heterocycles. The molecule has 0 bridgehead atoms. The molecule has 43 heavy (non-hydrogen) atoms. The maximum Gasteiger partial charge on any atom is 0.410 e. The lowest BCUT2D eigenvalue weighted by atomic mass is 10.1. The largest absolute Gasteiger partial charge is 0.444 e. The second-order valence-electron chi connectivity index (χ2n) is 10.7. The van der Waals surface area contributed by atoms with E-state index in [2.05, 4.69) is 24.7 Å². The summed E-state index contributed by atoms with van der Waals surface area (Å²) < 4.78 is 85.8. The first-order valence-electron chi connectivity index (χ1n) is 13.3. The monoisotopic (exact) mass is 658 g/mol. The van der Waals surface area contributed by atoms with Crippen molar-refractivity contribution >= 4 is 41.0 Å². The number of nitrogens with one attached hydrogen (secondary N) is 3. The Bertz CT molecular complexity index is 1290. The van der Waals surface area contributed by atoms with Crippen LogP contribution in [-0.2, 0) is 30.7 Å². The molecule has 2 aliphatic rings. The molecule has 2 aromatic rings. The zero-order valence-electron chi connectivity index (χ0n) is 23.6. The summed E-state index contributed by atoms with van der Waals surface area (Å²) in [6, 6.07) is 0. The first-order valence-corrected chi connectivity index (χ1v) is 14.8. The number of halogens is 6. The number of nitrogens with zero attached hydrogens (tertiary/aromatic N) is 3. The molecule has 0 spiro atoms. The van der Waals surface area contributed by atoms with E-state index in [1.807, 2.05) is 0 Å². The number of fused-ring (bicyclic) bond motifs is 2. The third-order valence-corrected chi connectivity index (χ3v) is 7.89. The van der Waals surface area contributed by atoms with E-state index >= 15 is 0 Å². The summed E-state index contributed by atoms with van der Waals surface area (Å²) in [6.45, 7) is 6.33. The van der Waals surface area contributed by atoms with Gasteiger partial charge < -0.3 is 25.6 Å². The quantitative estimate of drug-likeness (QED) is 0.388. The van der Waals surface area contributed by atoms with Crippen LogP contribution in [0.5, 0.6) is 0 Å². The Labute approximate surface area is 251 Å². The fourth-order valence-corrected chi connectivity index (χ4v) is 5.70. The fraction of sp³-hybridized carbons (Fsp3) is 0.640. The van der Waals surface area contributed by atoms with E-state index in [1.54, 1.807) is 20.8 Å². The van der Waals surface area contributed by atoms with E-state index in [9.17, 15) is 40.7 Å². The van der Waals surface area contributed by atoms with Gasteiger partial charge in [0, 0.05) is 60.0 Å². The molecule has 0 aliphatic carbocycles. The van der Waals surface area contributed by atoms with E-state index in [1.165, 1.54) is 16.4 Å². The van der Waals surface area contributed by atoms with Gasteiger partial charge in [0.15, 0.2) is 0 Å². The maximum absolute atomic E-state index is 12.2. The van der Waals surface area contributed by atoms with Crippen LogP contribution < -0.4 is 16.0 Å². The number of carbonyl (C=O) groups excluding carboxylic acids is 3. The highest BCUT2D eigenvalue weighted by Gasteiger charge is 2.32. The lowest BCUT2D eigenvalue weighted by molar-refractivity contribution is -0.134. The number of carbonyl (C=O) groups is 3. The number of ether oxygens (including phenoxy) is 1. The van der Waals surface area contributed by atoms with Crippen molar-refractivity contribution in [3.05, 3.63) is 32.3 Å². The van der Waals surface area contributed by atoms with Crippen molar-refractivity contribution in [3.8, 4) is 0 Å². The van der Waals surface area contributed by atoms with Crippen molar-refractivity contribution < 1.29 is 45.5 Å². The lowest BCUT2D eigenvalue weighted by Gasteiger charge is -2.30. The number of alkyl halides is 6. The first kappa shape index (κ1) is 34.5. The highest BCUT2D eigenvalue weighted by atomic mass is 32.1. The van der Waals surface area contributed by atoms with Gasteiger partial charge in [0.05, 0.1) is 19.4 Å². The Morgan fingerprint density at radius 3 is 1.88 bits per heavy atom. The molecule has 0 aromatic carbocycles. The van der Waals surface area contributed by atoms with Crippen LogP contribution in [0.25, 0.3) is 0 Å². The molecule has 3 amide bonds. The molecule has 2 aromatic heterocycles. The summed E-state index contributed by atoms with van der Waals surface area (Å²) >= 11 is 2.38. The van der Waals surface area contributed by atoms with Crippen molar-refractivity contribution in [2.24, 2.45) is 0 Å². The summed E-state index contributed by atoms with van der Waals surface area (Å²) in [4.78, 5) is 39.3. The van der Waals surface area contributed by atoms with Gasteiger partial charge in [-0.15, -0.1) is 0 Å². The predicted molar refractivity (Wildman–Crippen MR) is 146 cm³/mol.